The quantitative estimate of drug-likeness (QED) is 0.0585. The van der Waals surface area contributed by atoms with Crippen LogP contribution >= 0.6 is 0 Å². The fraction of sp³-hybridized carbons (Fsp3) is 0.333. The number of piperidine rings is 1. The minimum atomic E-state index is -1.37. The van der Waals surface area contributed by atoms with Crippen molar-refractivity contribution in [2.24, 2.45) is 0 Å². The Morgan fingerprint density at radius 3 is 2.55 bits per heavy atom. The summed E-state index contributed by atoms with van der Waals surface area (Å²) < 4.78 is 0. The molecule has 2 aliphatic rings. The number of carbonyl (C=O) groups excluding carboxylic acids is 5. The third kappa shape index (κ3) is 8.54. The largest absolute Gasteiger partial charge is 0.481 e. The van der Waals surface area contributed by atoms with Crippen molar-refractivity contribution in [1.29, 1.82) is 0 Å². The monoisotopic (exact) mass is 768 g/mol. The number of carboxylic acids is 1. The summed E-state index contributed by atoms with van der Waals surface area (Å²) in [5.41, 5.74) is 14.7. The lowest BCUT2D eigenvalue weighted by Gasteiger charge is -2.31. The third-order valence-corrected chi connectivity index (χ3v) is 9.34. The summed E-state index contributed by atoms with van der Waals surface area (Å²) in [5, 5.41) is 30.9. The Morgan fingerprint density at radius 1 is 1.05 bits per heavy atom. The number of amides is 5. The molecule has 292 valence electrons. The zero-order chi connectivity index (χ0) is 40.1. The van der Waals surface area contributed by atoms with Gasteiger partial charge in [0.15, 0.2) is 23.2 Å². The average Bonchev–Trinajstić information content (AvgIpc) is 3.42. The lowest BCUT2D eigenvalue weighted by Crippen LogP contribution is -2.53. The van der Waals surface area contributed by atoms with E-state index in [4.69, 9.17) is 11.5 Å². The number of anilines is 4. The van der Waals surface area contributed by atoms with E-state index in [1.807, 2.05) is 11.9 Å². The van der Waals surface area contributed by atoms with Crippen LogP contribution < -0.4 is 37.6 Å². The summed E-state index contributed by atoms with van der Waals surface area (Å²) in [6.45, 7) is 0.773. The standard InChI is InChI=1S/C36H40N12O8/c1-47(17-19-16-41-30-28(42-19)29(37)45-36(38)46-30)20-8-6-18(7-9-20)31(52)43-23(10-13-26(50)51)32(53)40-15-3-14-39-22-5-2-4-21-27(22)35(56)48(34(21)55)24-11-12-25(49)44-33(24)54/h2,4-9,16,23-24,34,39,55H,3,10-15,17H2,1H3,(H,40,53)(H,43,52)(H,50,51)(H,44,49,54)(H4,37,38,41,45,46). The molecule has 56 heavy (non-hydrogen) atoms. The van der Waals surface area contributed by atoms with Crippen molar-refractivity contribution in [1.82, 2.24) is 40.8 Å². The van der Waals surface area contributed by atoms with Crippen LogP contribution in [0, 0.1) is 0 Å². The Bertz CT molecular complexity index is 2200. The van der Waals surface area contributed by atoms with Crippen LogP contribution in [0.1, 0.15) is 70.3 Å². The second-order valence-corrected chi connectivity index (χ2v) is 13.3. The minimum Gasteiger partial charge on any atom is -0.481 e. The molecule has 10 N–H and O–H groups in total. The summed E-state index contributed by atoms with van der Waals surface area (Å²) >= 11 is 0. The highest BCUT2D eigenvalue weighted by atomic mass is 16.4. The Kier molecular flexibility index (Phi) is 11.5. The number of rotatable bonds is 15. The lowest BCUT2D eigenvalue weighted by atomic mass is 10.0. The number of carbonyl (C=O) groups is 6. The Balaban J connectivity index is 1.01. The number of hydrogen-bond acceptors (Lipinski definition) is 15. The maximum Gasteiger partial charge on any atom is 0.303 e. The molecule has 0 saturated carbocycles. The van der Waals surface area contributed by atoms with Crippen LogP contribution in [0.3, 0.4) is 0 Å². The van der Waals surface area contributed by atoms with Crippen LogP contribution in [-0.4, -0.2) is 103 Å². The Hall–Kier alpha value is -6.96. The number of nitrogens with one attached hydrogen (secondary N) is 4. The van der Waals surface area contributed by atoms with Crippen molar-refractivity contribution in [3.63, 3.8) is 0 Å². The van der Waals surface area contributed by atoms with Gasteiger partial charge in [-0.15, -0.1) is 0 Å². The van der Waals surface area contributed by atoms with E-state index in [9.17, 15) is 39.0 Å². The van der Waals surface area contributed by atoms with Crippen molar-refractivity contribution in [3.05, 3.63) is 71.0 Å². The number of aliphatic hydroxyl groups is 1. The van der Waals surface area contributed by atoms with Gasteiger partial charge in [0.1, 0.15) is 12.1 Å². The number of nitrogen functional groups attached to an aromatic ring is 2. The van der Waals surface area contributed by atoms with E-state index in [1.165, 1.54) is 0 Å². The van der Waals surface area contributed by atoms with Crippen molar-refractivity contribution in [3.8, 4) is 0 Å². The fourth-order valence-corrected chi connectivity index (χ4v) is 6.51. The highest BCUT2D eigenvalue weighted by molar-refractivity contribution is 6.08. The van der Waals surface area contributed by atoms with Gasteiger partial charge in [0.2, 0.25) is 23.7 Å². The van der Waals surface area contributed by atoms with Crippen LogP contribution in [0.4, 0.5) is 23.1 Å². The first-order chi connectivity index (χ1) is 26.8. The Labute approximate surface area is 319 Å². The first kappa shape index (κ1) is 38.8. The van der Waals surface area contributed by atoms with Gasteiger partial charge in [0.25, 0.3) is 11.8 Å². The maximum atomic E-state index is 13.4. The second kappa shape index (κ2) is 16.6. The molecular weight excluding hydrogens is 728 g/mol. The summed E-state index contributed by atoms with van der Waals surface area (Å²) in [5.74, 6) is -3.80. The molecule has 4 heterocycles. The third-order valence-electron chi connectivity index (χ3n) is 9.34. The van der Waals surface area contributed by atoms with Gasteiger partial charge in [0.05, 0.1) is 24.0 Å². The van der Waals surface area contributed by atoms with E-state index >= 15 is 0 Å². The van der Waals surface area contributed by atoms with E-state index in [0.717, 1.165) is 10.6 Å². The number of imide groups is 1. The second-order valence-electron chi connectivity index (χ2n) is 13.3. The molecule has 4 aromatic rings. The molecule has 3 unspecified atom stereocenters. The van der Waals surface area contributed by atoms with Crippen LogP contribution in [0.5, 0.6) is 0 Å². The molecule has 2 aromatic heterocycles. The van der Waals surface area contributed by atoms with Crippen LogP contribution in [0.2, 0.25) is 0 Å². The predicted octanol–water partition coefficient (Wildman–Crippen LogP) is 0.0541. The first-order valence-electron chi connectivity index (χ1n) is 17.7. The van der Waals surface area contributed by atoms with Crippen molar-refractivity contribution in [2.45, 2.75) is 57.0 Å². The number of fused-ring (bicyclic) bond motifs is 2. The topological polar surface area (TPSA) is 301 Å². The normalized spacial score (nSPS) is 16.9. The van der Waals surface area contributed by atoms with Gasteiger partial charge in [-0.3, -0.25) is 39.0 Å². The van der Waals surface area contributed by atoms with Gasteiger partial charge in [-0.25, -0.2) is 9.97 Å². The van der Waals surface area contributed by atoms with E-state index in [2.05, 4.69) is 41.2 Å². The minimum absolute atomic E-state index is 0.00417. The zero-order valence-corrected chi connectivity index (χ0v) is 30.2. The first-order valence-corrected chi connectivity index (χ1v) is 17.7. The molecule has 5 amide bonds. The number of aliphatic carboxylic acids is 1. The molecule has 3 atom stereocenters. The van der Waals surface area contributed by atoms with E-state index in [-0.39, 0.29) is 67.3 Å². The number of hydrogen-bond donors (Lipinski definition) is 8. The zero-order valence-electron chi connectivity index (χ0n) is 30.2. The molecule has 20 nitrogen and oxygen atoms in total. The van der Waals surface area contributed by atoms with E-state index in [1.54, 1.807) is 48.7 Å². The van der Waals surface area contributed by atoms with Gasteiger partial charge in [-0.2, -0.15) is 9.97 Å². The van der Waals surface area contributed by atoms with Crippen LogP contribution in [-0.2, 0) is 25.7 Å². The van der Waals surface area contributed by atoms with Crippen LogP contribution in [0.25, 0.3) is 11.2 Å². The number of aromatic nitrogens is 4. The molecule has 1 fully saturated rings. The molecule has 0 radical (unpaired) electrons. The van der Waals surface area contributed by atoms with Crippen molar-refractivity contribution < 1.29 is 39.0 Å². The summed E-state index contributed by atoms with van der Waals surface area (Å²) in [7, 11) is 1.82. The lowest BCUT2D eigenvalue weighted by molar-refractivity contribution is -0.140. The van der Waals surface area contributed by atoms with E-state index in [0.29, 0.717) is 35.4 Å². The highest BCUT2D eigenvalue weighted by Crippen LogP contribution is 2.38. The number of carboxylic acid groups (broad SMARTS) is 1. The van der Waals surface area contributed by atoms with E-state index < -0.39 is 53.8 Å². The molecular formula is C36H40N12O8. The number of benzene rings is 2. The molecule has 2 aliphatic heterocycles. The molecule has 1 saturated heterocycles. The maximum absolute atomic E-state index is 13.4. The van der Waals surface area contributed by atoms with Gasteiger partial charge in [-0.1, -0.05) is 12.1 Å². The molecule has 0 spiro atoms. The number of nitrogens with two attached hydrogens (primary N) is 2. The molecule has 0 bridgehead atoms. The molecule has 6 rings (SSSR count). The summed E-state index contributed by atoms with van der Waals surface area (Å²) in [6.07, 6.45) is 0.187. The molecule has 20 heteroatoms. The number of nitrogens with zero attached hydrogens (tertiary/aromatic N) is 6. The predicted molar refractivity (Wildman–Crippen MR) is 200 cm³/mol. The Morgan fingerprint density at radius 2 is 1.82 bits per heavy atom. The number of aliphatic hydroxyl groups excluding tert-OH is 1. The SMILES string of the molecule is CN(Cc1cnc2nc(N)nc(N)c2n1)c1ccc(C(=O)NC(CCC(=O)O)C(=O)NCCCNc2cccc3c2C(=O)N(C2CCC(=O)NC2=O)C3O)cc1. The highest BCUT2D eigenvalue weighted by Gasteiger charge is 2.45. The molecule has 2 aromatic carbocycles. The van der Waals surface area contributed by atoms with Gasteiger partial charge < -0.3 is 42.5 Å². The smallest absolute Gasteiger partial charge is 0.303 e. The van der Waals surface area contributed by atoms with Crippen LogP contribution in [0.15, 0.2) is 48.7 Å². The summed E-state index contributed by atoms with van der Waals surface area (Å²) in [6, 6.07) is 9.34. The van der Waals surface area contributed by atoms with Gasteiger partial charge in [0, 0.05) is 55.5 Å². The van der Waals surface area contributed by atoms with Gasteiger partial charge >= 0.3 is 5.97 Å². The average molecular weight is 769 g/mol. The summed E-state index contributed by atoms with van der Waals surface area (Å²) in [4.78, 5) is 94.8. The van der Waals surface area contributed by atoms with Crippen molar-refractivity contribution in [2.75, 3.05) is 41.8 Å². The fourth-order valence-electron chi connectivity index (χ4n) is 6.51. The van der Waals surface area contributed by atoms with Gasteiger partial charge in [-0.05, 0) is 49.6 Å². The molecule has 0 aliphatic carbocycles. The van der Waals surface area contributed by atoms with Crippen molar-refractivity contribution >= 4 is 69.8 Å².